The highest BCUT2D eigenvalue weighted by Gasteiger charge is 2.21. The average Bonchev–Trinajstić information content (AvgIpc) is 3.34. The SMILES string of the molecule is CC(O)CNc1ncc2nc(NCC3CC3)nc(N(C)C)c2n1. The van der Waals surface area contributed by atoms with Gasteiger partial charge in [0.05, 0.1) is 12.3 Å². The van der Waals surface area contributed by atoms with Crippen molar-refractivity contribution in [3.05, 3.63) is 6.20 Å². The lowest BCUT2D eigenvalue weighted by Gasteiger charge is -2.16. The molecule has 2 heterocycles. The predicted molar refractivity (Wildman–Crippen MR) is 90.8 cm³/mol. The molecule has 1 aliphatic carbocycles. The van der Waals surface area contributed by atoms with Gasteiger partial charge in [-0.15, -0.1) is 0 Å². The fourth-order valence-electron chi connectivity index (χ4n) is 2.19. The number of hydrogen-bond acceptors (Lipinski definition) is 8. The number of nitrogens with one attached hydrogen (secondary N) is 2. The molecule has 1 atom stereocenters. The van der Waals surface area contributed by atoms with Gasteiger partial charge in [-0.2, -0.15) is 4.98 Å². The zero-order valence-electron chi connectivity index (χ0n) is 13.7. The number of aliphatic hydroxyl groups excluding tert-OH is 1. The average molecular weight is 317 g/mol. The summed E-state index contributed by atoms with van der Waals surface area (Å²) in [7, 11) is 3.86. The summed E-state index contributed by atoms with van der Waals surface area (Å²) in [5, 5.41) is 15.7. The van der Waals surface area contributed by atoms with E-state index in [4.69, 9.17) is 0 Å². The summed E-state index contributed by atoms with van der Waals surface area (Å²) in [6.07, 6.45) is 3.78. The molecule has 0 radical (unpaired) electrons. The molecule has 8 nitrogen and oxygen atoms in total. The first-order chi connectivity index (χ1) is 11.0. The number of nitrogens with zero attached hydrogens (tertiary/aromatic N) is 5. The maximum Gasteiger partial charge on any atom is 0.225 e. The molecule has 0 bridgehead atoms. The van der Waals surface area contributed by atoms with E-state index < -0.39 is 6.10 Å². The van der Waals surface area contributed by atoms with Crippen LogP contribution in [0.5, 0.6) is 0 Å². The summed E-state index contributed by atoms with van der Waals surface area (Å²) in [6, 6.07) is 0. The fourth-order valence-corrected chi connectivity index (χ4v) is 2.19. The second-order valence-corrected chi connectivity index (χ2v) is 6.25. The van der Waals surface area contributed by atoms with E-state index in [0.29, 0.717) is 29.5 Å². The van der Waals surface area contributed by atoms with Crippen LogP contribution in [0.25, 0.3) is 11.0 Å². The van der Waals surface area contributed by atoms with Crippen LogP contribution in [-0.4, -0.2) is 58.3 Å². The molecule has 1 unspecified atom stereocenters. The van der Waals surface area contributed by atoms with Gasteiger partial charge in [-0.05, 0) is 25.7 Å². The molecular weight excluding hydrogens is 294 g/mol. The van der Waals surface area contributed by atoms with Crippen LogP contribution in [0.3, 0.4) is 0 Å². The minimum absolute atomic E-state index is 0.394. The Labute approximate surface area is 135 Å². The third-order valence-electron chi connectivity index (χ3n) is 3.64. The van der Waals surface area contributed by atoms with Crippen molar-refractivity contribution in [3.63, 3.8) is 0 Å². The summed E-state index contributed by atoms with van der Waals surface area (Å²) in [4.78, 5) is 19.7. The summed E-state index contributed by atoms with van der Waals surface area (Å²) in [6.45, 7) is 3.01. The van der Waals surface area contributed by atoms with Gasteiger partial charge in [-0.1, -0.05) is 0 Å². The van der Waals surface area contributed by atoms with E-state index in [-0.39, 0.29) is 0 Å². The van der Waals surface area contributed by atoms with Gasteiger partial charge in [0.25, 0.3) is 0 Å². The van der Waals surface area contributed by atoms with Crippen LogP contribution in [0.15, 0.2) is 6.20 Å². The molecule has 1 fully saturated rings. The van der Waals surface area contributed by atoms with E-state index in [0.717, 1.165) is 18.3 Å². The molecule has 0 aliphatic heterocycles. The van der Waals surface area contributed by atoms with Crippen LogP contribution in [0, 0.1) is 5.92 Å². The standard InChI is InChI=1S/C15H23N7O/c1-9(23)6-16-14-18-8-11-12(20-14)13(22(2)3)21-15(19-11)17-7-10-4-5-10/h8-10,23H,4-7H2,1-3H3,(H,16,18,20)(H,17,19,21). The maximum absolute atomic E-state index is 9.36. The molecule has 2 aromatic rings. The van der Waals surface area contributed by atoms with E-state index in [1.54, 1.807) is 13.1 Å². The Kier molecular flexibility index (Phi) is 4.42. The van der Waals surface area contributed by atoms with E-state index in [2.05, 4.69) is 30.6 Å². The van der Waals surface area contributed by atoms with E-state index >= 15 is 0 Å². The number of anilines is 3. The quantitative estimate of drug-likeness (QED) is 0.698. The molecule has 0 saturated heterocycles. The van der Waals surface area contributed by atoms with Crippen molar-refractivity contribution in [2.75, 3.05) is 42.7 Å². The highest BCUT2D eigenvalue weighted by atomic mass is 16.3. The molecule has 2 aromatic heterocycles. The van der Waals surface area contributed by atoms with Crippen molar-refractivity contribution in [1.29, 1.82) is 0 Å². The Balaban J connectivity index is 1.90. The second kappa shape index (κ2) is 6.49. The van der Waals surface area contributed by atoms with Crippen LogP contribution in [0.1, 0.15) is 19.8 Å². The number of hydrogen-bond donors (Lipinski definition) is 3. The second-order valence-electron chi connectivity index (χ2n) is 6.25. The topological polar surface area (TPSA) is 99.1 Å². The zero-order chi connectivity index (χ0) is 16.4. The molecular formula is C15H23N7O. The van der Waals surface area contributed by atoms with Crippen molar-refractivity contribution in [2.45, 2.75) is 25.9 Å². The predicted octanol–water partition coefficient (Wildman–Crippen LogP) is 1.10. The van der Waals surface area contributed by atoms with Gasteiger partial charge in [-0.3, -0.25) is 0 Å². The Morgan fingerprint density at radius 2 is 2.00 bits per heavy atom. The summed E-state index contributed by atoms with van der Waals surface area (Å²) >= 11 is 0. The molecule has 3 N–H and O–H groups in total. The number of aliphatic hydroxyl groups is 1. The summed E-state index contributed by atoms with van der Waals surface area (Å²) in [5.41, 5.74) is 1.39. The number of aromatic nitrogens is 4. The molecule has 8 heteroatoms. The minimum atomic E-state index is -0.465. The van der Waals surface area contributed by atoms with Crippen LogP contribution in [-0.2, 0) is 0 Å². The first-order valence-electron chi connectivity index (χ1n) is 7.91. The zero-order valence-corrected chi connectivity index (χ0v) is 13.7. The smallest absolute Gasteiger partial charge is 0.225 e. The van der Waals surface area contributed by atoms with Crippen LogP contribution in [0.4, 0.5) is 17.7 Å². The highest BCUT2D eigenvalue weighted by molar-refractivity contribution is 5.86. The Morgan fingerprint density at radius 1 is 1.22 bits per heavy atom. The molecule has 1 saturated carbocycles. The van der Waals surface area contributed by atoms with E-state index in [1.165, 1.54) is 12.8 Å². The van der Waals surface area contributed by atoms with Crippen molar-refractivity contribution in [3.8, 4) is 0 Å². The van der Waals surface area contributed by atoms with Gasteiger partial charge in [0.1, 0.15) is 11.0 Å². The molecule has 124 valence electrons. The van der Waals surface area contributed by atoms with Crippen molar-refractivity contribution < 1.29 is 5.11 Å². The Bertz CT molecular complexity index is 685. The lowest BCUT2D eigenvalue weighted by molar-refractivity contribution is 0.208. The molecule has 3 rings (SSSR count). The van der Waals surface area contributed by atoms with Crippen LogP contribution < -0.4 is 15.5 Å². The highest BCUT2D eigenvalue weighted by Crippen LogP contribution is 2.29. The fraction of sp³-hybridized carbons (Fsp3) is 0.600. The monoisotopic (exact) mass is 317 g/mol. The Hall–Kier alpha value is -2.22. The maximum atomic E-state index is 9.36. The number of rotatable bonds is 7. The van der Waals surface area contributed by atoms with Gasteiger partial charge in [-0.25, -0.2) is 15.0 Å². The third kappa shape index (κ3) is 3.95. The van der Waals surface area contributed by atoms with Gasteiger partial charge >= 0.3 is 0 Å². The summed E-state index contributed by atoms with van der Waals surface area (Å²) < 4.78 is 0. The first-order valence-corrected chi connectivity index (χ1v) is 7.91. The molecule has 0 spiro atoms. The van der Waals surface area contributed by atoms with Gasteiger partial charge in [0, 0.05) is 27.2 Å². The van der Waals surface area contributed by atoms with Crippen LogP contribution >= 0.6 is 0 Å². The third-order valence-corrected chi connectivity index (χ3v) is 3.64. The van der Waals surface area contributed by atoms with Crippen molar-refractivity contribution in [2.24, 2.45) is 5.92 Å². The lowest BCUT2D eigenvalue weighted by atomic mass is 10.3. The van der Waals surface area contributed by atoms with Crippen molar-refractivity contribution in [1.82, 2.24) is 19.9 Å². The lowest BCUT2D eigenvalue weighted by Crippen LogP contribution is -2.18. The molecule has 1 aliphatic rings. The largest absolute Gasteiger partial charge is 0.392 e. The molecule has 23 heavy (non-hydrogen) atoms. The normalized spacial score (nSPS) is 15.5. The van der Waals surface area contributed by atoms with Crippen LogP contribution in [0.2, 0.25) is 0 Å². The Morgan fingerprint density at radius 3 is 2.65 bits per heavy atom. The van der Waals surface area contributed by atoms with Crippen molar-refractivity contribution >= 4 is 28.7 Å². The van der Waals surface area contributed by atoms with E-state index in [1.807, 2.05) is 19.0 Å². The first kappa shape index (κ1) is 15.7. The minimum Gasteiger partial charge on any atom is -0.392 e. The summed E-state index contributed by atoms with van der Waals surface area (Å²) in [5.74, 6) is 2.57. The van der Waals surface area contributed by atoms with Gasteiger partial charge in [0.2, 0.25) is 11.9 Å². The molecule has 0 aromatic carbocycles. The van der Waals surface area contributed by atoms with Gasteiger partial charge in [0.15, 0.2) is 5.82 Å². The van der Waals surface area contributed by atoms with E-state index in [9.17, 15) is 5.11 Å². The van der Waals surface area contributed by atoms with Gasteiger partial charge < -0.3 is 20.6 Å². The molecule has 0 amide bonds. The number of fused-ring (bicyclic) bond motifs is 1.